The number of carbonyl (C=O) groups is 2. The Morgan fingerprint density at radius 2 is 0.625 bits per heavy atom. The van der Waals surface area contributed by atoms with Crippen molar-refractivity contribution in [1.82, 2.24) is 0 Å². The lowest BCUT2D eigenvalue weighted by molar-refractivity contribution is -0.163. The van der Waals surface area contributed by atoms with Crippen LogP contribution >= 0.6 is 0 Å². The summed E-state index contributed by atoms with van der Waals surface area (Å²) in [5.41, 5.74) is 0. The Balaban J connectivity index is 4.41. The lowest BCUT2D eigenvalue weighted by atomic mass is 10.1. The minimum atomic E-state index is -0.571. The van der Waals surface area contributed by atoms with Gasteiger partial charge in [0.1, 0.15) is 6.61 Å². The molecular formula is C67H110O5. The lowest BCUT2D eigenvalue weighted by Crippen LogP contribution is -2.30. The highest BCUT2D eigenvalue weighted by atomic mass is 16.6. The molecule has 0 saturated heterocycles. The largest absolute Gasteiger partial charge is 0.462 e. The van der Waals surface area contributed by atoms with Gasteiger partial charge in [-0.15, -0.1) is 0 Å². The summed E-state index contributed by atoms with van der Waals surface area (Å²) in [6, 6.07) is 0. The molecule has 72 heavy (non-hydrogen) atoms. The first-order chi connectivity index (χ1) is 35.6. The average molecular weight is 996 g/mol. The van der Waals surface area contributed by atoms with Crippen molar-refractivity contribution in [1.29, 1.82) is 0 Å². The van der Waals surface area contributed by atoms with E-state index in [-0.39, 0.29) is 25.2 Å². The molecule has 0 aliphatic rings. The Labute approximate surface area is 445 Å². The SMILES string of the molecule is CC/C=C\C/C=C\C/C=C\C/C=C\CCCCCCCCC(=O)OCC(COCCCCCCC/C=C\C/C=C\C/C=C\C/C=C\CC)OC(=O)CCCCCCCC/C=C\C/C=C\C/C=C\CCCCC. The molecule has 0 N–H and O–H groups in total. The molecule has 0 saturated carbocycles. The number of hydrogen-bond acceptors (Lipinski definition) is 5. The lowest BCUT2D eigenvalue weighted by Gasteiger charge is -2.18. The molecule has 0 aromatic rings. The van der Waals surface area contributed by atoms with E-state index in [1.165, 1.54) is 83.5 Å². The predicted octanol–water partition coefficient (Wildman–Crippen LogP) is 20.7. The summed E-state index contributed by atoms with van der Waals surface area (Å²) in [4.78, 5) is 25.6. The molecule has 5 nitrogen and oxygen atoms in total. The van der Waals surface area contributed by atoms with Gasteiger partial charge < -0.3 is 14.2 Å². The maximum Gasteiger partial charge on any atom is 0.306 e. The maximum atomic E-state index is 12.9. The minimum Gasteiger partial charge on any atom is -0.462 e. The Morgan fingerprint density at radius 1 is 0.319 bits per heavy atom. The number of esters is 2. The first-order valence-electron chi connectivity index (χ1n) is 29.7. The van der Waals surface area contributed by atoms with E-state index in [0.717, 1.165) is 135 Å². The van der Waals surface area contributed by atoms with Crippen molar-refractivity contribution in [3.8, 4) is 0 Å². The highest BCUT2D eigenvalue weighted by Crippen LogP contribution is 2.13. The number of carbonyl (C=O) groups excluding carboxylic acids is 2. The van der Waals surface area contributed by atoms with Gasteiger partial charge in [0.15, 0.2) is 6.10 Å². The molecule has 0 rings (SSSR count). The van der Waals surface area contributed by atoms with Gasteiger partial charge in [-0.2, -0.15) is 0 Å². The molecule has 0 aliphatic carbocycles. The van der Waals surface area contributed by atoms with Crippen LogP contribution in [-0.2, 0) is 23.8 Å². The molecule has 0 spiro atoms. The fraction of sp³-hybridized carbons (Fsp3) is 0.642. The molecule has 0 fully saturated rings. The second-order valence-corrected chi connectivity index (χ2v) is 19.1. The molecule has 408 valence electrons. The minimum absolute atomic E-state index is 0.0560. The first-order valence-corrected chi connectivity index (χ1v) is 29.7. The molecule has 0 bridgehead atoms. The highest BCUT2D eigenvalue weighted by Gasteiger charge is 2.17. The van der Waals surface area contributed by atoms with Crippen LogP contribution in [0.15, 0.2) is 134 Å². The second kappa shape index (κ2) is 61.3. The Morgan fingerprint density at radius 3 is 1.00 bits per heavy atom. The van der Waals surface area contributed by atoms with Gasteiger partial charge in [-0.1, -0.05) is 238 Å². The first kappa shape index (κ1) is 68.0. The molecule has 0 radical (unpaired) electrons. The van der Waals surface area contributed by atoms with Crippen molar-refractivity contribution in [3.05, 3.63) is 134 Å². The standard InChI is InChI=1S/C67H110O5/c1-4-7-10-13-16-19-22-25-28-31-34-36-39-42-45-48-51-54-57-60-66(68)71-64-65(63-70-62-59-56-53-50-47-44-41-38-33-30-27-24-21-18-15-12-9-6-3)72-67(69)61-58-55-52-49-46-43-40-37-35-32-29-26-23-20-17-14-11-8-5-2/h7,9-10,12,16-21,25-30,34-38,41,65H,4-6,8,11,13-15,22-24,31-33,39-40,42-64H2,1-3H3/b10-7-,12-9-,19-16-,20-17-,21-18-,28-25-,29-26-,30-27-,36-34-,37-35-,41-38-. The molecule has 1 atom stereocenters. The summed E-state index contributed by atoms with van der Waals surface area (Å²) < 4.78 is 17.5. The zero-order chi connectivity index (χ0) is 52.0. The van der Waals surface area contributed by atoms with Crippen LogP contribution in [0.1, 0.15) is 252 Å². The van der Waals surface area contributed by atoms with Crippen LogP contribution in [0.5, 0.6) is 0 Å². The topological polar surface area (TPSA) is 61.8 Å². The van der Waals surface area contributed by atoms with Gasteiger partial charge in [-0.3, -0.25) is 9.59 Å². The zero-order valence-corrected chi connectivity index (χ0v) is 46.9. The molecule has 0 amide bonds. The number of rotatable bonds is 53. The van der Waals surface area contributed by atoms with Gasteiger partial charge in [0.25, 0.3) is 0 Å². The Hall–Kier alpha value is -3.96. The second-order valence-electron chi connectivity index (χ2n) is 19.1. The highest BCUT2D eigenvalue weighted by molar-refractivity contribution is 5.70. The smallest absolute Gasteiger partial charge is 0.306 e. The normalized spacial score (nSPS) is 13.2. The fourth-order valence-corrected chi connectivity index (χ4v) is 7.79. The van der Waals surface area contributed by atoms with E-state index in [1.54, 1.807) is 0 Å². The number of ether oxygens (including phenoxy) is 3. The third-order valence-electron chi connectivity index (χ3n) is 12.2. The molecule has 0 aromatic carbocycles. The van der Waals surface area contributed by atoms with Crippen LogP contribution in [0.4, 0.5) is 0 Å². The van der Waals surface area contributed by atoms with Crippen LogP contribution < -0.4 is 0 Å². The average Bonchev–Trinajstić information content (AvgIpc) is 3.38. The van der Waals surface area contributed by atoms with Gasteiger partial charge in [0, 0.05) is 19.4 Å². The maximum absolute atomic E-state index is 12.9. The summed E-state index contributed by atoms with van der Waals surface area (Å²) in [5.74, 6) is -0.443. The molecule has 0 aromatic heterocycles. The van der Waals surface area contributed by atoms with E-state index in [9.17, 15) is 9.59 Å². The van der Waals surface area contributed by atoms with Crippen molar-refractivity contribution in [2.45, 2.75) is 258 Å². The molecule has 0 heterocycles. The van der Waals surface area contributed by atoms with Gasteiger partial charge in [0.05, 0.1) is 6.61 Å². The van der Waals surface area contributed by atoms with E-state index in [1.807, 2.05) is 0 Å². The molecule has 1 unspecified atom stereocenters. The van der Waals surface area contributed by atoms with Crippen LogP contribution in [-0.4, -0.2) is 37.9 Å². The van der Waals surface area contributed by atoms with Gasteiger partial charge in [0.2, 0.25) is 0 Å². The third-order valence-corrected chi connectivity index (χ3v) is 12.2. The number of unbranched alkanes of at least 4 members (excludes halogenated alkanes) is 20. The van der Waals surface area contributed by atoms with E-state index < -0.39 is 6.10 Å². The van der Waals surface area contributed by atoms with Crippen LogP contribution in [0.25, 0.3) is 0 Å². The summed E-state index contributed by atoms with van der Waals surface area (Å²) in [7, 11) is 0. The predicted molar refractivity (Wildman–Crippen MR) is 315 cm³/mol. The monoisotopic (exact) mass is 995 g/mol. The van der Waals surface area contributed by atoms with E-state index in [0.29, 0.717) is 19.4 Å². The fourth-order valence-electron chi connectivity index (χ4n) is 7.79. The van der Waals surface area contributed by atoms with Crippen molar-refractivity contribution >= 4 is 11.9 Å². The van der Waals surface area contributed by atoms with Crippen LogP contribution in [0, 0.1) is 0 Å². The summed E-state index contributed by atoms with van der Waals surface area (Å²) in [6.07, 6.45) is 87.5. The van der Waals surface area contributed by atoms with Crippen LogP contribution in [0.3, 0.4) is 0 Å². The Kier molecular flexibility index (Phi) is 58.0. The summed E-state index contributed by atoms with van der Waals surface area (Å²) >= 11 is 0. The van der Waals surface area contributed by atoms with E-state index >= 15 is 0 Å². The molecular weight excluding hydrogens is 885 g/mol. The van der Waals surface area contributed by atoms with Gasteiger partial charge in [-0.05, 0) is 135 Å². The van der Waals surface area contributed by atoms with Gasteiger partial charge in [-0.25, -0.2) is 0 Å². The number of hydrogen-bond donors (Lipinski definition) is 0. The molecule has 0 aliphatic heterocycles. The van der Waals surface area contributed by atoms with Crippen molar-refractivity contribution in [2.24, 2.45) is 0 Å². The number of allylic oxidation sites excluding steroid dienone is 22. The van der Waals surface area contributed by atoms with E-state index in [4.69, 9.17) is 14.2 Å². The summed E-state index contributed by atoms with van der Waals surface area (Å²) in [5, 5.41) is 0. The van der Waals surface area contributed by atoms with Crippen molar-refractivity contribution in [2.75, 3.05) is 19.8 Å². The van der Waals surface area contributed by atoms with Crippen molar-refractivity contribution in [3.63, 3.8) is 0 Å². The Bertz CT molecular complexity index is 1500. The van der Waals surface area contributed by atoms with E-state index in [2.05, 4.69) is 154 Å². The molecule has 5 heteroatoms. The third kappa shape index (κ3) is 58.6. The zero-order valence-electron chi connectivity index (χ0n) is 46.9. The summed E-state index contributed by atoms with van der Waals surface area (Å²) in [6.45, 7) is 7.50. The quantitative estimate of drug-likeness (QED) is 0.0345. The van der Waals surface area contributed by atoms with Crippen LogP contribution in [0.2, 0.25) is 0 Å². The van der Waals surface area contributed by atoms with Gasteiger partial charge >= 0.3 is 11.9 Å². The van der Waals surface area contributed by atoms with Crippen molar-refractivity contribution < 1.29 is 23.8 Å².